The first-order chi connectivity index (χ1) is 15.6. The fourth-order valence-corrected chi connectivity index (χ4v) is 3.39. The maximum atomic E-state index is 12.4. The molecule has 1 aliphatic rings. The van der Waals surface area contributed by atoms with Crippen molar-refractivity contribution in [3.8, 4) is 11.4 Å². The van der Waals surface area contributed by atoms with Gasteiger partial charge in [0.25, 0.3) is 0 Å². The first-order valence-electron chi connectivity index (χ1n) is 10.3. The maximum absolute atomic E-state index is 12.4. The van der Waals surface area contributed by atoms with E-state index >= 15 is 0 Å². The van der Waals surface area contributed by atoms with E-state index in [1.54, 1.807) is 24.4 Å². The van der Waals surface area contributed by atoms with Gasteiger partial charge < -0.3 is 26.5 Å². The van der Waals surface area contributed by atoms with Gasteiger partial charge in [-0.25, -0.2) is 9.97 Å². The number of hydrogen-bond acceptors (Lipinski definition) is 8. The molecule has 1 fully saturated rings. The van der Waals surface area contributed by atoms with Crippen LogP contribution in [-0.4, -0.2) is 59.8 Å². The normalized spacial score (nSPS) is 14.0. The lowest BCUT2D eigenvalue weighted by atomic mass is 10.1. The highest BCUT2D eigenvalue weighted by molar-refractivity contribution is 5.92. The van der Waals surface area contributed by atoms with Crippen LogP contribution < -0.4 is 16.4 Å². The number of hydrogen-bond donors (Lipinski definition) is 4. The van der Waals surface area contributed by atoms with Gasteiger partial charge in [0.05, 0.1) is 19.8 Å². The quantitative estimate of drug-likeness (QED) is 0.334. The zero-order chi connectivity index (χ0) is 22.3. The number of benzene rings is 2. The molecular formula is C23H25N7O2. The predicted molar refractivity (Wildman–Crippen MR) is 125 cm³/mol. The van der Waals surface area contributed by atoms with Crippen molar-refractivity contribution in [1.82, 2.24) is 14.9 Å². The zero-order valence-corrected chi connectivity index (χ0v) is 17.5. The molecule has 164 valence electrons. The molecule has 3 aromatic rings. The van der Waals surface area contributed by atoms with Crippen molar-refractivity contribution in [2.75, 3.05) is 49.2 Å². The summed E-state index contributed by atoms with van der Waals surface area (Å²) in [6, 6.07) is 14.6. The van der Waals surface area contributed by atoms with Gasteiger partial charge in [-0.15, -0.1) is 0 Å². The largest absolute Gasteiger partial charge is 0.398 e. The predicted octanol–water partition coefficient (Wildman–Crippen LogP) is 2.74. The Hall–Kier alpha value is -3.82. The number of nitrogens with zero attached hydrogens (tertiary/aromatic N) is 3. The Morgan fingerprint density at radius 3 is 2.81 bits per heavy atom. The third kappa shape index (κ3) is 5.45. The van der Waals surface area contributed by atoms with E-state index in [4.69, 9.17) is 15.9 Å². The zero-order valence-electron chi connectivity index (χ0n) is 17.5. The Labute approximate surface area is 186 Å². The smallest absolute Gasteiger partial charge is 0.238 e. The summed E-state index contributed by atoms with van der Waals surface area (Å²) < 4.78 is 5.32. The van der Waals surface area contributed by atoms with E-state index in [2.05, 4.69) is 25.5 Å². The summed E-state index contributed by atoms with van der Waals surface area (Å²) in [5, 5.41) is 13.6. The number of nitrogens with two attached hydrogens (primary N) is 1. The topological polar surface area (TPSA) is 129 Å². The van der Waals surface area contributed by atoms with Crippen molar-refractivity contribution >= 4 is 35.0 Å². The van der Waals surface area contributed by atoms with Crippen molar-refractivity contribution in [3.05, 3.63) is 60.3 Å². The van der Waals surface area contributed by atoms with E-state index in [9.17, 15) is 4.79 Å². The summed E-state index contributed by atoms with van der Waals surface area (Å²) in [6.07, 6.45) is 2.88. The standard InChI is InChI=1S/C23H25N7O2/c24-14-17-13-19(4-5-20(17)25)27-21-6-7-26-23(29-21)16-2-1-3-18(12-16)28-22(31)15-30-8-10-32-11-9-30/h1-7,12-14,24H,8-11,15,25H2,(H,28,31)(H,26,27,29). The molecule has 2 heterocycles. The number of rotatable bonds is 7. The monoisotopic (exact) mass is 431 g/mol. The SMILES string of the molecule is N=Cc1cc(Nc2ccnc(-c3cccc(NC(=O)CN4CCOCC4)c3)n2)ccc1N. The minimum Gasteiger partial charge on any atom is -0.398 e. The van der Waals surface area contributed by atoms with Gasteiger partial charge in [-0.2, -0.15) is 0 Å². The highest BCUT2D eigenvalue weighted by atomic mass is 16.5. The first-order valence-corrected chi connectivity index (χ1v) is 10.3. The van der Waals surface area contributed by atoms with Gasteiger partial charge >= 0.3 is 0 Å². The van der Waals surface area contributed by atoms with E-state index < -0.39 is 0 Å². The van der Waals surface area contributed by atoms with Crippen LogP contribution in [0.15, 0.2) is 54.7 Å². The van der Waals surface area contributed by atoms with E-state index in [0.717, 1.165) is 24.3 Å². The maximum Gasteiger partial charge on any atom is 0.238 e. The van der Waals surface area contributed by atoms with Crippen LogP contribution in [0, 0.1) is 5.41 Å². The van der Waals surface area contributed by atoms with Crippen LogP contribution in [0.25, 0.3) is 11.4 Å². The molecule has 1 aliphatic heterocycles. The fourth-order valence-electron chi connectivity index (χ4n) is 3.39. The Bertz CT molecular complexity index is 1110. The lowest BCUT2D eigenvalue weighted by Crippen LogP contribution is -2.41. The highest BCUT2D eigenvalue weighted by Crippen LogP contribution is 2.23. The Morgan fingerprint density at radius 2 is 2.00 bits per heavy atom. The second-order valence-electron chi connectivity index (χ2n) is 7.40. The van der Waals surface area contributed by atoms with Crippen molar-refractivity contribution in [2.24, 2.45) is 0 Å². The molecule has 9 nitrogen and oxygen atoms in total. The van der Waals surface area contributed by atoms with Gasteiger partial charge in [0.2, 0.25) is 5.91 Å². The van der Waals surface area contributed by atoms with Gasteiger partial charge in [0.15, 0.2) is 5.82 Å². The number of amides is 1. The Kier molecular flexibility index (Phi) is 6.69. The number of aromatic nitrogens is 2. The van der Waals surface area contributed by atoms with Crippen LogP contribution in [0.1, 0.15) is 5.56 Å². The molecule has 0 bridgehead atoms. The molecule has 0 radical (unpaired) electrons. The molecule has 32 heavy (non-hydrogen) atoms. The second kappa shape index (κ2) is 9.99. The number of nitrogen functional groups attached to an aromatic ring is 1. The van der Waals surface area contributed by atoms with Crippen LogP contribution in [0.5, 0.6) is 0 Å². The van der Waals surface area contributed by atoms with Crippen molar-refractivity contribution in [1.29, 1.82) is 5.41 Å². The molecule has 9 heteroatoms. The summed E-state index contributed by atoms with van der Waals surface area (Å²) in [5.41, 5.74) is 9.27. The second-order valence-corrected chi connectivity index (χ2v) is 7.40. The summed E-state index contributed by atoms with van der Waals surface area (Å²) in [5.74, 6) is 1.07. The number of anilines is 4. The number of morpholine rings is 1. The molecule has 5 N–H and O–H groups in total. The van der Waals surface area contributed by atoms with E-state index in [-0.39, 0.29) is 5.91 Å². The number of carbonyl (C=O) groups is 1. The fraction of sp³-hybridized carbons (Fsp3) is 0.217. The van der Waals surface area contributed by atoms with E-state index in [1.807, 2.05) is 30.3 Å². The molecule has 1 aromatic heterocycles. The molecule has 1 saturated heterocycles. The molecule has 0 saturated carbocycles. The lowest BCUT2D eigenvalue weighted by Gasteiger charge is -2.25. The van der Waals surface area contributed by atoms with E-state index in [0.29, 0.717) is 48.3 Å². The summed E-state index contributed by atoms with van der Waals surface area (Å²) in [7, 11) is 0. The summed E-state index contributed by atoms with van der Waals surface area (Å²) in [4.78, 5) is 23.4. The van der Waals surface area contributed by atoms with Gasteiger partial charge in [0, 0.05) is 53.7 Å². The van der Waals surface area contributed by atoms with Crippen molar-refractivity contribution in [3.63, 3.8) is 0 Å². The average molecular weight is 432 g/mol. The van der Waals surface area contributed by atoms with E-state index in [1.165, 1.54) is 6.21 Å². The van der Waals surface area contributed by atoms with Gasteiger partial charge in [-0.1, -0.05) is 12.1 Å². The molecule has 0 atom stereocenters. The molecule has 1 amide bonds. The van der Waals surface area contributed by atoms with Crippen LogP contribution in [-0.2, 0) is 9.53 Å². The Morgan fingerprint density at radius 1 is 1.16 bits per heavy atom. The number of carbonyl (C=O) groups excluding carboxylic acids is 1. The van der Waals surface area contributed by atoms with Crippen molar-refractivity contribution < 1.29 is 9.53 Å². The van der Waals surface area contributed by atoms with Crippen LogP contribution >= 0.6 is 0 Å². The lowest BCUT2D eigenvalue weighted by molar-refractivity contribution is -0.118. The summed E-state index contributed by atoms with van der Waals surface area (Å²) in [6.45, 7) is 3.17. The van der Waals surface area contributed by atoms with Gasteiger partial charge in [-0.05, 0) is 36.4 Å². The van der Waals surface area contributed by atoms with Crippen molar-refractivity contribution in [2.45, 2.75) is 0 Å². The van der Waals surface area contributed by atoms with Crippen LogP contribution in [0.3, 0.4) is 0 Å². The molecule has 2 aromatic carbocycles. The van der Waals surface area contributed by atoms with Crippen LogP contribution in [0.4, 0.5) is 22.9 Å². The summed E-state index contributed by atoms with van der Waals surface area (Å²) >= 11 is 0. The van der Waals surface area contributed by atoms with Gasteiger partial charge in [-0.3, -0.25) is 9.69 Å². The minimum atomic E-state index is -0.0641. The highest BCUT2D eigenvalue weighted by Gasteiger charge is 2.14. The number of ether oxygens (including phenoxy) is 1. The number of nitrogens with one attached hydrogen (secondary N) is 3. The molecule has 0 aliphatic carbocycles. The van der Waals surface area contributed by atoms with Gasteiger partial charge in [0.1, 0.15) is 5.82 Å². The molecule has 4 rings (SSSR count). The minimum absolute atomic E-state index is 0.0641. The molecule has 0 unspecified atom stereocenters. The average Bonchev–Trinajstić information content (AvgIpc) is 2.81. The first kappa shape index (κ1) is 21.4. The third-order valence-corrected chi connectivity index (χ3v) is 5.05. The molecular weight excluding hydrogens is 406 g/mol. The van der Waals surface area contributed by atoms with Crippen LogP contribution in [0.2, 0.25) is 0 Å². The molecule has 0 spiro atoms. The Balaban J connectivity index is 1.46. The third-order valence-electron chi connectivity index (χ3n) is 5.05.